The fourth-order valence-electron chi connectivity index (χ4n) is 2.46. The van der Waals surface area contributed by atoms with Crippen molar-refractivity contribution in [3.05, 3.63) is 18.3 Å². The van der Waals surface area contributed by atoms with Crippen molar-refractivity contribution in [2.24, 2.45) is 0 Å². The van der Waals surface area contributed by atoms with Crippen LogP contribution in [-0.2, 0) is 4.74 Å². The van der Waals surface area contributed by atoms with E-state index in [1.807, 2.05) is 6.92 Å². The molecule has 1 aliphatic heterocycles. The number of aliphatic hydroxyl groups excluding tert-OH is 2. The van der Waals surface area contributed by atoms with Gasteiger partial charge in [0.1, 0.15) is 24.2 Å². The minimum atomic E-state index is -0.717. The highest BCUT2D eigenvalue weighted by Crippen LogP contribution is 2.32. The first-order valence-corrected chi connectivity index (χ1v) is 6.23. The predicted molar refractivity (Wildman–Crippen MR) is 66.3 cm³/mol. The van der Waals surface area contributed by atoms with Crippen LogP contribution < -0.4 is 0 Å². The first kappa shape index (κ1) is 12.5. The number of aryl methyl sites for hydroxylation is 1. The molecule has 0 amide bonds. The molecule has 4 unspecified atom stereocenters. The lowest BCUT2D eigenvalue weighted by Gasteiger charge is -2.17. The van der Waals surface area contributed by atoms with Crippen LogP contribution in [0.15, 0.2) is 12.7 Å². The van der Waals surface area contributed by atoms with Crippen molar-refractivity contribution < 1.29 is 14.9 Å². The molecular weight excluding hydrogens is 248 g/mol. The molecule has 7 nitrogen and oxygen atoms in total. The lowest BCUT2D eigenvalue weighted by Crippen LogP contribution is -2.32. The second kappa shape index (κ2) is 4.52. The Bertz CT molecular complexity index is 598. The summed E-state index contributed by atoms with van der Waals surface area (Å²) in [6, 6.07) is 0. The van der Waals surface area contributed by atoms with Gasteiger partial charge in [0.05, 0.1) is 24.2 Å². The van der Waals surface area contributed by atoms with Gasteiger partial charge < -0.3 is 14.9 Å². The van der Waals surface area contributed by atoms with Crippen molar-refractivity contribution in [2.45, 2.75) is 44.8 Å². The normalized spacial score (nSPS) is 28.9. The number of hydrogen-bond donors (Lipinski definition) is 2. The number of ether oxygens (including phenoxy) is 1. The van der Waals surface area contributed by atoms with Crippen LogP contribution in [0.4, 0.5) is 0 Å². The number of imidazole rings is 1. The Balaban J connectivity index is 1.96. The SMILES string of the molecule is Cc1ncnc2c1ncn2C1CC(O)C(C(C)O)O1. The van der Waals surface area contributed by atoms with Crippen LogP contribution in [0.5, 0.6) is 0 Å². The highest BCUT2D eigenvalue weighted by atomic mass is 16.5. The number of aromatic nitrogens is 4. The molecule has 2 N–H and O–H groups in total. The Hall–Kier alpha value is -1.57. The lowest BCUT2D eigenvalue weighted by molar-refractivity contribution is -0.0750. The molecule has 3 rings (SSSR count). The molecular formula is C12H16N4O3. The van der Waals surface area contributed by atoms with Crippen molar-refractivity contribution in [2.75, 3.05) is 0 Å². The van der Waals surface area contributed by atoms with Gasteiger partial charge in [-0.25, -0.2) is 15.0 Å². The molecule has 102 valence electrons. The average molecular weight is 264 g/mol. The lowest BCUT2D eigenvalue weighted by atomic mass is 10.1. The van der Waals surface area contributed by atoms with Gasteiger partial charge in [-0.15, -0.1) is 0 Å². The quantitative estimate of drug-likeness (QED) is 0.802. The summed E-state index contributed by atoms with van der Waals surface area (Å²) in [5.41, 5.74) is 2.20. The maximum atomic E-state index is 9.90. The van der Waals surface area contributed by atoms with Gasteiger partial charge in [-0.05, 0) is 13.8 Å². The van der Waals surface area contributed by atoms with E-state index in [2.05, 4.69) is 15.0 Å². The number of hydrogen-bond acceptors (Lipinski definition) is 6. The summed E-state index contributed by atoms with van der Waals surface area (Å²) in [6.07, 6.45) is 1.17. The zero-order valence-electron chi connectivity index (χ0n) is 10.8. The molecule has 0 aliphatic carbocycles. The van der Waals surface area contributed by atoms with E-state index < -0.39 is 18.3 Å². The third kappa shape index (κ3) is 1.99. The van der Waals surface area contributed by atoms with Crippen LogP contribution in [0.2, 0.25) is 0 Å². The van der Waals surface area contributed by atoms with Crippen LogP contribution in [-0.4, -0.2) is 48.0 Å². The summed E-state index contributed by atoms with van der Waals surface area (Å²) in [4.78, 5) is 12.6. The predicted octanol–water partition coefficient (Wildman–Crippen LogP) is 0.164. The molecule has 3 heterocycles. The van der Waals surface area contributed by atoms with Gasteiger partial charge in [-0.2, -0.15) is 0 Å². The van der Waals surface area contributed by atoms with Gasteiger partial charge in [-0.1, -0.05) is 0 Å². The second-order valence-corrected chi connectivity index (χ2v) is 4.88. The topological polar surface area (TPSA) is 93.3 Å². The smallest absolute Gasteiger partial charge is 0.165 e. The van der Waals surface area contributed by atoms with Gasteiger partial charge in [0.25, 0.3) is 0 Å². The van der Waals surface area contributed by atoms with Crippen molar-refractivity contribution in [3.8, 4) is 0 Å². The number of aliphatic hydroxyl groups is 2. The van der Waals surface area contributed by atoms with Gasteiger partial charge in [-0.3, -0.25) is 4.57 Å². The van der Waals surface area contributed by atoms with Crippen LogP contribution in [0.3, 0.4) is 0 Å². The van der Waals surface area contributed by atoms with E-state index >= 15 is 0 Å². The Morgan fingerprint density at radius 2 is 2.21 bits per heavy atom. The van der Waals surface area contributed by atoms with E-state index in [0.717, 1.165) is 11.2 Å². The van der Waals surface area contributed by atoms with Crippen LogP contribution in [0, 0.1) is 6.92 Å². The summed E-state index contributed by atoms with van der Waals surface area (Å²) in [5, 5.41) is 19.5. The van der Waals surface area contributed by atoms with Crippen molar-refractivity contribution in [3.63, 3.8) is 0 Å². The molecule has 0 spiro atoms. The maximum absolute atomic E-state index is 9.90. The summed E-state index contributed by atoms with van der Waals surface area (Å²) >= 11 is 0. The molecule has 1 fully saturated rings. The molecule has 4 atom stereocenters. The largest absolute Gasteiger partial charge is 0.391 e. The first-order valence-electron chi connectivity index (χ1n) is 6.23. The molecule has 0 saturated carbocycles. The van der Waals surface area contributed by atoms with Gasteiger partial charge >= 0.3 is 0 Å². The molecule has 7 heteroatoms. The van der Waals surface area contributed by atoms with Crippen molar-refractivity contribution in [1.29, 1.82) is 0 Å². The maximum Gasteiger partial charge on any atom is 0.165 e. The molecule has 0 radical (unpaired) electrons. The molecule has 1 aliphatic rings. The summed E-state index contributed by atoms with van der Waals surface area (Å²) < 4.78 is 7.46. The molecule has 2 aromatic rings. The fraction of sp³-hybridized carbons (Fsp3) is 0.583. The van der Waals surface area contributed by atoms with E-state index in [1.54, 1.807) is 17.8 Å². The summed E-state index contributed by atoms with van der Waals surface area (Å²) in [7, 11) is 0. The van der Waals surface area contributed by atoms with E-state index in [9.17, 15) is 10.2 Å². The van der Waals surface area contributed by atoms with Gasteiger partial charge in [0.15, 0.2) is 5.65 Å². The Morgan fingerprint density at radius 1 is 1.42 bits per heavy atom. The highest BCUT2D eigenvalue weighted by molar-refractivity contribution is 5.72. The van der Waals surface area contributed by atoms with E-state index in [1.165, 1.54) is 6.33 Å². The zero-order chi connectivity index (χ0) is 13.6. The van der Waals surface area contributed by atoms with E-state index in [0.29, 0.717) is 12.1 Å². The molecule has 2 aromatic heterocycles. The molecule has 1 saturated heterocycles. The van der Waals surface area contributed by atoms with Crippen LogP contribution >= 0.6 is 0 Å². The minimum Gasteiger partial charge on any atom is -0.391 e. The third-order valence-electron chi connectivity index (χ3n) is 3.46. The standard InChI is InChI=1S/C12H16N4O3/c1-6-10-12(14-4-13-6)16(5-15-10)9-3-8(18)11(19-9)7(2)17/h4-5,7-9,11,17-18H,3H2,1-2H3. The molecule has 0 aromatic carbocycles. The minimum absolute atomic E-state index is 0.367. The van der Waals surface area contributed by atoms with Crippen molar-refractivity contribution in [1.82, 2.24) is 19.5 Å². The van der Waals surface area contributed by atoms with Gasteiger partial charge in [0, 0.05) is 6.42 Å². The van der Waals surface area contributed by atoms with Crippen molar-refractivity contribution >= 4 is 11.2 Å². The first-order chi connectivity index (χ1) is 9.08. The van der Waals surface area contributed by atoms with Crippen LogP contribution in [0.25, 0.3) is 11.2 Å². The van der Waals surface area contributed by atoms with Gasteiger partial charge in [0.2, 0.25) is 0 Å². The van der Waals surface area contributed by atoms with E-state index in [4.69, 9.17) is 4.74 Å². The molecule has 19 heavy (non-hydrogen) atoms. The third-order valence-corrected chi connectivity index (χ3v) is 3.46. The fourth-order valence-corrected chi connectivity index (χ4v) is 2.46. The summed E-state index contributed by atoms with van der Waals surface area (Å²) in [5.74, 6) is 0. The number of rotatable bonds is 2. The summed E-state index contributed by atoms with van der Waals surface area (Å²) in [6.45, 7) is 3.47. The van der Waals surface area contributed by atoms with E-state index in [-0.39, 0.29) is 6.23 Å². The Morgan fingerprint density at radius 3 is 2.89 bits per heavy atom. The van der Waals surface area contributed by atoms with Crippen LogP contribution in [0.1, 0.15) is 25.3 Å². The number of fused-ring (bicyclic) bond motifs is 1. The Kier molecular flexibility index (Phi) is 2.96. The monoisotopic (exact) mass is 264 g/mol. The zero-order valence-corrected chi connectivity index (χ0v) is 10.8. The Labute approximate surface area is 109 Å². The average Bonchev–Trinajstić information content (AvgIpc) is 2.93. The second-order valence-electron chi connectivity index (χ2n) is 4.88. The number of nitrogens with zero attached hydrogens (tertiary/aromatic N) is 4. The highest BCUT2D eigenvalue weighted by Gasteiger charge is 2.38. The molecule has 0 bridgehead atoms.